The summed E-state index contributed by atoms with van der Waals surface area (Å²) in [5, 5.41) is 12.4. The van der Waals surface area contributed by atoms with Crippen molar-refractivity contribution < 1.29 is 0 Å². The molecule has 1 fully saturated rings. The Balaban J connectivity index is 1.92. The van der Waals surface area contributed by atoms with Gasteiger partial charge in [0.2, 0.25) is 0 Å². The number of fused-ring (bicyclic) bond motifs is 3. The summed E-state index contributed by atoms with van der Waals surface area (Å²) in [7, 11) is 0. The first-order chi connectivity index (χ1) is 10.3. The lowest BCUT2D eigenvalue weighted by molar-refractivity contribution is 0.302. The van der Waals surface area contributed by atoms with Gasteiger partial charge in [-0.05, 0) is 56.6 Å². The van der Waals surface area contributed by atoms with Crippen LogP contribution in [-0.2, 0) is 12.8 Å². The number of nitrogens with one attached hydrogen (secondary N) is 3. The van der Waals surface area contributed by atoms with E-state index in [1.807, 2.05) is 0 Å². The van der Waals surface area contributed by atoms with Crippen LogP contribution in [0.4, 0.5) is 0 Å². The maximum atomic E-state index is 12.2. The van der Waals surface area contributed by atoms with Crippen molar-refractivity contribution in [3.05, 3.63) is 27.2 Å². The zero-order valence-electron chi connectivity index (χ0n) is 12.5. The molecular weight excluding hydrogens is 264 g/mol. The van der Waals surface area contributed by atoms with E-state index in [1.165, 1.54) is 30.2 Å². The average molecular weight is 286 g/mol. The summed E-state index contributed by atoms with van der Waals surface area (Å²) in [5.41, 5.74) is 4.20. The summed E-state index contributed by atoms with van der Waals surface area (Å²) in [5.74, 6) is 0.580. The van der Waals surface area contributed by atoms with Crippen molar-refractivity contribution in [2.45, 2.75) is 51.5 Å². The molecule has 5 nitrogen and oxygen atoms in total. The number of H-pyrrole nitrogens is 2. The normalized spacial score (nSPS) is 26.0. The quantitative estimate of drug-likeness (QED) is 0.752. The number of hydrogen-bond donors (Lipinski definition) is 3. The molecule has 2 aliphatic rings. The number of aryl methyl sites for hydroxylation is 1. The second-order valence-electron chi connectivity index (χ2n) is 6.53. The van der Waals surface area contributed by atoms with Crippen LogP contribution in [0.5, 0.6) is 0 Å². The Labute approximate surface area is 123 Å². The molecule has 1 saturated heterocycles. The van der Waals surface area contributed by atoms with Crippen molar-refractivity contribution in [1.29, 1.82) is 0 Å². The summed E-state index contributed by atoms with van der Waals surface area (Å²) in [4.78, 5) is 15.2. The first-order valence-electron chi connectivity index (χ1n) is 8.11. The highest BCUT2D eigenvalue weighted by Gasteiger charge is 2.29. The smallest absolute Gasteiger partial charge is 0.253 e. The van der Waals surface area contributed by atoms with E-state index in [0.717, 1.165) is 42.7 Å². The highest BCUT2D eigenvalue weighted by atomic mass is 16.1. The molecule has 0 aromatic carbocycles. The summed E-state index contributed by atoms with van der Waals surface area (Å²) >= 11 is 0. The molecule has 3 heterocycles. The topological polar surface area (TPSA) is 73.6 Å². The SMILES string of the molecule is CC1CCCNC1c1n[nH]c2[nH]c(=O)c3c(c12)CCCC3. The first-order valence-corrected chi connectivity index (χ1v) is 8.11. The van der Waals surface area contributed by atoms with Crippen LogP contribution < -0.4 is 10.9 Å². The number of pyridine rings is 1. The van der Waals surface area contributed by atoms with Gasteiger partial charge in [-0.15, -0.1) is 0 Å². The van der Waals surface area contributed by atoms with Crippen LogP contribution in [0, 0.1) is 5.92 Å². The third-order valence-electron chi connectivity index (χ3n) is 5.14. The molecule has 2 atom stereocenters. The lowest BCUT2D eigenvalue weighted by Gasteiger charge is -2.29. The summed E-state index contributed by atoms with van der Waals surface area (Å²) < 4.78 is 0. The Bertz CT molecular complexity index is 730. The minimum Gasteiger partial charge on any atom is -0.308 e. The van der Waals surface area contributed by atoms with E-state index in [-0.39, 0.29) is 5.56 Å². The van der Waals surface area contributed by atoms with Crippen LogP contribution >= 0.6 is 0 Å². The molecular formula is C16H22N4O. The van der Waals surface area contributed by atoms with E-state index in [1.54, 1.807) is 0 Å². The van der Waals surface area contributed by atoms with Crippen LogP contribution in [0.2, 0.25) is 0 Å². The standard InChI is InChI=1S/C16H22N4O/c1-9-5-4-8-17-13(9)14-12-10-6-2-3-7-11(10)16(21)18-15(12)20-19-14/h9,13,17H,2-8H2,1H3,(H2,18,19,20,21). The summed E-state index contributed by atoms with van der Waals surface area (Å²) in [6.07, 6.45) is 6.66. The van der Waals surface area contributed by atoms with Crippen LogP contribution in [-0.4, -0.2) is 21.7 Å². The van der Waals surface area contributed by atoms with Crippen LogP contribution in [0.15, 0.2) is 4.79 Å². The van der Waals surface area contributed by atoms with E-state index < -0.39 is 0 Å². The van der Waals surface area contributed by atoms with Gasteiger partial charge >= 0.3 is 0 Å². The van der Waals surface area contributed by atoms with Crippen LogP contribution in [0.3, 0.4) is 0 Å². The molecule has 0 spiro atoms. The van der Waals surface area contributed by atoms with Gasteiger partial charge in [0, 0.05) is 10.9 Å². The van der Waals surface area contributed by atoms with Gasteiger partial charge in [-0.3, -0.25) is 9.89 Å². The Morgan fingerprint density at radius 1 is 1.14 bits per heavy atom. The monoisotopic (exact) mass is 286 g/mol. The van der Waals surface area contributed by atoms with Gasteiger partial charge in [-0.1, -0.05) is 6.92 Å². The number of nitrogens with zero attached hydrogens (tertiary/aromatic N) is 1. The fourth-order valence-corrected chi connectivity index (χ4v) is 4.01. The van der Waals surface area contributed by atoms with Gasteiger partial charge in [-0.25, -0.2) is 0 Å². The molecule has 0 radical (unpaired) electrons. The van der Waals surface area contributed by atoms with Gasteiger partial charge in [0.1, 0.15) is 5.65 Å². The van der Waals surface area contributed by atoms with Gasteiger partial charge in [-0.2, -0.15) is 5.10 Å². The molecule has 0 bridgehead atoms. The molecule has 0 amide bonds. The maximum Gasteiger partial charge on any atom is 0.253 e. The van der Waals surface area contributed by atoms with Crippen molar-refractivity contribution in [2.24, 2.45) is 5.92 Å². The highest BCUT2D eigenvalue weighted by Crippen LogP contribution is 2.34. The Hall–Kier alpha value is -1.62. The first kappa shape index (κ1) is 13.1. The summed E-state index contributed by atoms with van der Waals surface area (Å²) in [6, 6.07) is 0.296. The van der Waals surface area contributed by atoms with Gasteiger partial charge in [0.25, 0.3) is 5.56 Å². The van der Waals surface area contributed by atoms with Crippen molar-refractivity contribution in [1.82, 2.24) is 20.5 Å². The lowest BCUT2D eigenvalue weighted by atomic mass is 9.86. The number of aromatic nitrogens is 3. The largest absolute Gasteiger partial charge is 0.308 e. The fourth-order valence-electron chi connectivity index (χ4n) is 4.01. The van der Waals surface area contributed by atoms with E-state index in [0.29, 0.717) is 12.0 Å². The fraction of sp³-hybridized carbons (Fsp3) is 0.625. The lowest BCUT2D eigenvalue weighted by Crippen LogP contribution is -2.33. The van der Waals surface area contributed by atoms with Gasteiger partial charge < -0.3 is 10.3 Å². The molecule has 5 heteroatoms. The molecule has 0 saturated carbocycles. The van der Waals surface area contributed by atoms with Crippen molar-refractivity contribution in [3.63, 3.8) is 0 Å². The van der Waals surface area contributed by atoms with Crippen molar-refractivity contribution in [2.75, 3.05) is 6.54 Å². The van der Waals surface area contributed by atoms with Crippen molar-refractivity contribution in [3.8, 4) is 0 Å². The Kier molecular flexibility index (Phi) is 3.10. The predicted octanol–water partition coefficient (Wildman–Crippen LogP) is 2.19. The minimum atomic E-state index is 0.0667. The average Bonchev–Trinajstić information content (AvgIpc) is 2.92. The van der Waals surface area contributed by atoms with E-state index >= 15 is 0 Å². The highest BCUT2D eigenvalue weighted by molar-refractivity contribution is 5.83. The van der Waals surface area contributed by atoms with E-state index in [2.05, 4.69) is 27.4 Å². The molecule has 2 aromatic rings. The number of hydrogen-bond acceptors (Lipinski definition) is 3. The third kappa shape index (κ3) is 2.02. The van der Waals surface area contributed by atoms with Crippen LogP contribution in [0.1, 0.15) is 55.5 Å². The molecule has 1 aliphatic carbocycles. The third-order valence-corrected chi connectivity index (χ3v) is 5.14. The van der Waals surface area contributed by atoms with Crippen LogP contribution in [0.25, 0.3) is 11.0 Å². The van der Waals surface area contributed by atoms with E-state index in [9.17, 15) is 4.79 Å². The molecule has 21 heavy (non-hydrogen) atoms. The summed E-state index contributed by atoms with van der Waals surface area (Å²) in [6.45, 7) is 3.34. The molecule has 1 aliphatic heterocycles. The molecule has 4 rings (SSSR count). The zero-order valence-corrected chi connectivity index (χ0v) is 12.5. The second-order valence-corrected chi connectivity index (χ2v) is 6.53. The number of rotatable bonds is 1. The van der Waals surface area contributed by atoms with Gasteiger partial charge in [0.05, 0.1) is 11.7 Å². The molecule has 2 aromatic heterocycles. The Morgan fingerprint density at radius 3 is 2.76 bits per heavy atom. The number of piperidine rings is 1. The second kappa shape index (κ2) is 4.98. The Morgan fingerprint density at radius 2 is 1.95 bits per heavy atom. The zero-order chi connectivity index (χ0) is 14.4. The molecule has 112 valence electrons. The van der Waals surface area contributed by atoms with E-state index in [4.69, 9.17) is 0 Å². The molecule has 3 N–H and O–H groups in total. The molecule has 2 unspecified atom stereocenters. The van der Waals surface area contributed by atoms with Gasteiger partial charge in [0.15, 0.2) is 0 Å². The number of aromatic amines is 2. The minimum absolute atomic E-state index is 0.0667. The predicted molar refractivity (Wildman–Crippen MR) is 82.5 cm³/mol. The van der Waals surface area contributed by atoms with Crippen molar-refractivity contribution >= 4 is 11.0 Å². The maximum absolute atomic E-state index is 12.2.